The number of guanidine groups is 1. The van der Waals surface area contributed by atoms with E-state index in [1.54, 1.807) is 37.4 Å². The zero-order chi connectivity index (χ0) is 59.4. The number of fused-ring (bicyclic) bond motifs is 8. The SMILES string of the molecule is C[C@H]1CCC2=C[C@H]3CC[C@@H]4[C@@H]([C@@H]5COC(=O)[C@@H]5c5cc[nH]c5)C#CC[C@@H]5C[C@@]6(O)C7=C8NCC(=O)C[C@@H](c9ccc(O)cc9)CSSC[C@H]9[C@@H](O)[C@@H](O)C[C@@](C)([C@@H]9C8=O)[C@H]7CC[C@]6(CCN=C(N)N)[C@H]5[C@@](C)(O)[C@H](O)C[C@@H](C(O)O)[C@H]3[C@@H]4[C@H]2C1. The summed E-state index contributed by atoms with van der Waals surface area (Å²) in [6.45, 7) is 5.75. The van der Waals surface area contributed by atoms with E-state index in [1.165, 1.54) is 27.2 Å². The number of phenols is 1. The predicted octanol–water partition coefficient (Wildman–Crippen LogP) is 5.42. The number of allylic oxidation sites excluding steroid dienone is 3. The molecular weight excluding hydrogens is 1110 g/mol. The van der Waals surface area contributed by atoms with Gasteiger partial charge in [0.15, 0.2) is 23.8 Å². The number of aromatic hydroxyl groups is 1. The Balaban J connectivity index is 1.03. The van der Waals surface area contributed by atoms with Gasteiger partial charge in [0.05, 0.1) is 54.3 Å². The zero-order valence-electron chi connectivity index (χ0n) is 48.5. The van der Waals surface area contributed by atoms with Crippen LogP contribution in [0.25, 0.3) is 0 Å². The van der Waals surface area contributed by atoms with Crippen LogP contribution in [0.5, 0.6) is 5.75 Å². The lowest BCUT2D eigenvalue weighted by Gasteiger charge is -2.63. The number of cyclic esters (lactones) is 1. The summed E-state index contributed by atoms with van der Waals surface area (Å²) >= 11 is 0. The lowest BCUT2D eigenvalue weighted by atomic mass is 9.43. The van der Waals surface area contributed by atoms with Gasteiger partial charge in [-0.25, -0.2) is 0 Å². The Labute approximate surface area is 500 Å². The van der Waals surface area contributed by atoms with Crippen LogP contribution in [-0.2, 0) is 19.1 Å². The minimum absolute atomic E-state index is 0.00281. The van der Waals surface area contributed by atoms with Crippen molar-refractivity contribution >= 4 is 45.1 Å². The van der Waals surface area contributed by atoms with E-state index in [-0.39, 0.29) is 141 Å². The summed E-state index contributed by atoms with van der Waals surface area (Å²) in [7, 11) is 3.03. The molecule has 19 heteroatoms. The van der Waals surface area contributed by atoms with Gasteiger partial charge >= 0.3 is 5.97 Å². The lowest BCUT2D eigenvalue weighted by molar-refractivity contribution is -0.202. The normalized spacial score (nSPS) is 44.9. The summed E-state index contributed by atoms with van der Waals surface area (Å²) in [5.74, 6) is 1.03. The summed E-state index contributed by atoms with van der Waals surface area (Å²) in [5, 5.41) is 103. The lowest BCUT2D eigenvalue weighted by Crippen LogP contribution is -2.67. The number of aromatic amines is 1. The number of aliphatic imine (C=N–C) groups is 1. The molecule has 0 spiro atoms. The van der Waals surface area contributed by atoms with Crippen molar-refractivity contribution in [2.75, 3.05) is 31.2 Å². The van der Waals surface area contributed by atoms with E-state index in [0.717, 1.165) is 43.2 Å². The molecule has 12 rings (SSSR count). The molecule has 456 valence electrons. The molecule has 0 amide bonds. The molecule has 2 aliphatic heterocycles. The number of nitrogens with two attached hydrogens (primary N) is 2. The van der Waals surface area contributed by atoms with Crippen molar-refractivity contribution in [3.63, 3.8) is 0 Å². The minimum atomic E-state index is -2.06. The van der Waals surface area contributed by atoms with Crippen LogP contribution in [0.1, 0.15) is 127 Å². The molecule has 2 saturated heterocycles. The molecule has 23 atom stereocenters. The summed E-state index contributed by atoms with van der Waals surface area (Å²) in [4.78, 5) is 52.3. The van der Waals surface area contributed by atoms with Crippen molar-refractivity contribution < 1.29 is 60.0 Å². The molecular formula is C65H87N5O12S2. The molecule has 14 N–H and O–H groups in total. The largest absolute Gasteiger partial charge is 0.508 e. The number of aromatic nitrogens is 1. The van der Waals surface area contributed by atoms with E-state index in [4.69, 9.17) is 16.2 Å². The number of hydrogen-bond donors (Lipinski definition) is 12. The second-order valence-corrected chi connectivity index (χ2v) is 30.5. The Morgan fingerprint density at radius 1 is 0.929 bits per heavy atom. The Morgan fingerprint density at radius 3 is 2.44 bits per heavy atom. The van der Waals surface area contributed by atoms with Crippen molar-refractivity contribution in [3.05, 3.63) is 76.8 Å². The minimum Gasteiger partial charge on any atom is -0.508 e. The van der Waals surface area contributed by atoms with E-state index in [9.17, 15) is 50.4 Å². The van der Waals surface area contributed by atoms with Gasteiger partial charge in [0, 0.05) is 90.1 Å². The van der Waals surface area contributed by atoms with Crippen molar-refractivity contribution in [1.82, 2.24) is 10.3 Å². The molecule has 0 unspecified atom stereocenters. The molecule has 6 bridgehead atoms. The fourth-order valence-corrected chi connectivity index (χ4v) is 23.0. The number of nitrogens with one attached hydrogen (secondary N) is 2. The number of ketones is 2. The maximum absolute atomic E-state index is 16.1. The third-order valence-corrected chi connectivity index (χ3v) is 26.2. The number of nitrogens with zero attached hydrogens (tertiary/aromatic N) is 1. The molecule has 17 nitrogen and oxygen atoms in total. The summed E-state index contributed by atoms with van der Waals surface area (Å²) in [6, 6.07) is 8.69. The standard InChI is InChI=1S/C65H87N5O12S2/c1-32-7-8-34-22-35-11-14-42-41(45-29-82-60(79)51(45)37-16-19-68-27-37)6-4-5-36-25-65(81)54-47(15-17-64(65,18-20-69-61(66)67)58(36)63(3,80)49(74)24-44(59(77)78)50(35)52(42)43(34)21-32)62(2)26-48(73)56(75)46-31-84-83-30-38(33-9-12-39(71)13-10-33)23-40(72)28-70-55(54)57(76)53(46)62/h9-10,12-13,16,19,22,27,32,35-36,38,41-53,56,58-59,68,70-71,73-75,77-78,80-81H,5,7-8,11,14-15,17-18,20-21,23-26,28-31H2,1-3H3,(H4,66,67,69)/t32-,35+,36+,38+,41-,42+,43-,44+,45-,46+,47-,48-,49+,50-,51+,52-,53-,56+,58+,62+,63-,64-,65+/m0/s1. The summed E-state index contributed by atoms with van der Waals surface area (Å²) in [6.07, 6.45) is 5.32. The van der Waals surface area contributed by atoms with Crippen molar-refractivity contribution in [1.29, 1.82) is 0 Å². The fraction of sp³-hybridized carbons (Fsp3) is 0.692. The molecule has 0 radical (unpaired) electrons. The molecule has 3 heterocycles. The van der Waals surface area contributed by atoms with Gasteiger partial charge in [0.2, 0.25) is 0 Å². The second kappa shape index (κ2) is 23.0. The van der Waals surface area contributed by atoms with E-state index >= 15 is 4.79 Å². The molecule has 5 saturated carbocycles. The average Bonchev–Trinajstić information content (AvgIpc) is 1.35. The zero-order valence-corrected chi connectivity index (χ0v) is 50.2. The molecule has 8 aliphatic carbocycles. The van der Waals surface area contributed by atoms with Gasteiger partial charge in [-0.15, -0.1) is 5.92 Å². The maximum atomic E-state index is 16.1. The average molecular weight is 1190 g/mol. The first-order chi connectivity index (χ1) is 40.1. The van der Waals surface area contributed by atoms with E-state index in [0.29, 0.717) is 29.4 Å². The highest BCUT2D eigenvalue weighted by molar-refractivity contribution is 8.76. The van der Waals surface area contributed by atoms with E-state index in [1.807, 2.05) is 19.2 Å². The predicted molar refractivity (Wildman–Crippen MR) is 319 cm³/mol. The van der Waals surface area contributed by atoms with Crippen molar-refractivity contribution in [2.45, 2.75) is 152 Å². The van der Waals surface area contributed by atoms with Crippen LogP contribution in [0.4, 0.5) is 0 Å². The van der Waals surface area contributed by atoms with E-state index in [2.05, 4.69) is 40.1 Å². The number of carbonyl (C=O) groups is 3. The van der Waals surface area contributed by atoms with Crippen LogP contribution in [0.15, 0.2) is 70.6 Å². The maximum Gasteiger partial charge on any atom is 0.313 e. The van der Waals surface area contributed by atoms with Gasteiger partial charge in [-0.1, -0.05) is 65.1 Å². The highest BCUT2D eigenvalue weighted by Gasteiger charge is 2.75. The number of Topliss-reactive ketones (excluding diaryl/α,β-unsaturated/α-hetero) is 2. The van der Waals surface area contributed by atoms with Crippen LogP contribution >= 0.6 is 21.6 Å². The number of esters is 1. The van der Waals surface area contributed by atoms with Crippen molar-refractivity contribution in [2.24, 2.45) is 110 Å². The Bertz CT molecular complexity index is 2990. The quantitative estimate of drug-likeness (QED) is 0.0313. The molecule has 1 aromatic carbocycles. The van der Waals surface area contributed by atoms with Gasteiger partial charge in [-0.2, -0.15) is 0 Å². The van der Waals surface area contributed by atoms with Gasteiger partial charge in [-0.05, 0) is 165 Å². The first-order valence-corrected chi connectivity index (χ1v) is 33.5. The first-order valence-electron chi connectivity index (χ1n) is 31.0. The number of hydrogen-bond acceptors (Lipinski definition) is 16. The third kappa shape index (κ3) is 9.99. The Hall–Kier alpha value is -4.36. The Morgan fingerprint density at radius 2 is 1.70 bits per heavy atom. The van der Waals surface area contributed by atoms with Crippen molar-refractivity contribution in [3.8, 4) is 17.6 Å². The van der Waals surface area contributed by atoms with Crippen LogP contribution in [0.2, 0.25) is 0 Å². The number of aliphatic hydroxyl groups excluding tert-OH is 4. The summed E-state index contributed by atoms with van der Waals surface area (Å²) in [5.41, 5.74) is 9.22. The molecule has 1 aromatic heterocycles. The number of phenolic OH excluding ortho intramolecular Hbond substituents is 1. The monoisotopic (exact) mass is 1190 g/mol. The van der Waals surface area contributed by atoms with Gasteiger partial charge in [0.25, 0.3) is 0 Å². The van der Waals surface area contributed by atoms with Crippen LogP contribution in [0.3, 0.4) is 0 Å². The highest BCUT2D eigenvalue weighted by Crippen LogP contribution is 2.73. The fourth-order valence-electron chi connectivity index (χ4n) is 20.2. The highest BCUT2D eigenvalue weighted by atomic mass is 33.1. The topological polar surface area (TPSA) is 315 Å². The smallest absolute Gasteiger partial charge is 0.313 e. The number of rotatable bonds is 7. The third-order valence-electron chi connectivity index (χ3n) is 23.6. The number of carbonyl (C=O) groups excluding carboxylic acids is 3. The number of benzene rings is 1. The molecule has 10 aliphatic rings. The number of ether oxygens (including phenoxy) is 1. The number of aliphatic hydroxyl groups is 7. The van der Waals surface area contributed by atoms with Crippen LogP contribution in [0, 0.1) is 106 Å². The van der Waals surface area contributed by atoms with E-state index < -0.39 is 94.0 Å². The van der Waals surface area contributed by atoms with Crippen LogP contribution < -0.4 is 16.8 Å². The molecule has 2 aromatic rings. The Kier molecular flexibility index (Phi) is 16.4. The van der Waals surface area contributed by atoms with Gasteiger partial charge < -0.3 is 67.4 Å². The second-order valence-electron chi connectivity index (χ2n) is 27.9. The first kappa shape index (κ1) is 59.9. The van der Waals surface area contributed by atoms with Crippen LogP contribution in [-0.4, -0.2) is 136 Å². The van der Waals surface area contributed by atoms with Gasteiger partial charge in [0.1, 0.15) is 5.75 Å². The molecule has 7 fully saturated rings. The van der Waals surface area contributed by atoms with Gasteiger partial charge in [-0.3, -0.25) is 19.4 Å². The summed E-state index contributed by atoms with van der Waals surface area (Å²) < 4.78 is 6.02. The number of H-pyrrole nitrogens is 1. The molecule has 84 heavy (non-hydrogen) atoms.